The van der Waals surface area contributed by atoms with Crippen LogP contribution < -0.4 is 5.73 Å². The van der Waals surface area contributed by atoms with Gasteiger partial charge in [0.25, 0.3) is 0 Å². The Hall–Kier alpha value is -0.160. The van der Waals surface area contributed by atoms with Gasteiger partial charge in [-0.05, 0) is 6.92 Å². The maximum atomic E-state index is 8.94. The second-order valence-electron chi connectivity index (χ2n) is 3.70. The standard InChI is InChI=1S/C8H18N2O2/c1-8(9,7-11)6-10-2-4-12-5-3-10/h11H,2-7,9H2,1H3. The zero-order chi connectivity index (χ0) is 9.03. The number of aliphatic hydroxyl groups excluding tert-OH is 1. The zero-order valence-corrected chi connectivity index (χ0v) is 7.62. The molecule has 0 saturated carbocycles. The molecule has 4 nitrogen and oxygen atoms in total. The number of hydrogen-bond donors (Lipinski definition) is 2. The third-order valence-corrected chi connectivity index (χ3v) is 2.05. The predicted molar refractivity (Wildman–Crippen MR) is 46.9 cm³/mol. The molecule has 1 aliphatic heterocycles. The molecule has 72 valence electrons. The number of rotatable bonds is 3. The molecule has 0 amide bonds. The lowest BCUT2D eigenvalue weighted by atomic mass is 10.1. The summed E-state index contributed by atoms with van der Waals surface area (Å²) in [5.74, 6) is 0. The quantitative estimate of drug-likeness (QED) is 0.578. The van der Waals surface area contributed by atoms with E-state index in [0.717, 1.165) is 32.8 Å². The molecule has 0 aromatic heterocycles. The van der Waals surface area contributed by atoms with Crippen LogP contribution in [0.2, 0.25) is 0 Å². The van der Waals surface area contributed by atoms with Crippen molar-refractivity contribution in [3.8, 4) is 0 Å². The summed E-state index contributed by atoms with van der Waals surface area (Å²) in [5, 5.41) is 8.94. The summed E-state index contributed by atoms with van der Waals surface area (Å²) in [4.78, 5) is 2.22. The molecule has 0 aliphatic carbocycles. The molecule has 0 bridgehead atoms. The second-order valence-corrected chi connectivity index (χ2v) is 3.70. The van der Waals surface area contributed by atoms with Crippen LogP contribution >= 0.6 is 0 Å². The van der Waals surface area contributed by atoms with Crippen LogP contribution in [0.25, 0.3) is 0 Å². The van der Waals surface area contributed by atoms with E-state index < -0.39 is 5.54 Å². The highest BCUT2D eigenvalue weighted by Gasteiger charge is 2.22. The van der Waals surface area contributed by atoms with Crippen LogP contribution in [0, 0.1) is 0 Å². The Balaban J connectivity index is 2.28. The Kier molecular flexibility index (Phi) is 3.46. The smallest absolute Gasteiger partial charge is 0.0621 e. The van der Waals surface area contributed by atoms with Gasteiger partial charge in [-0.3, -0.25) is 4.90 Å². The molecular weight excluding hydrogens is 156 g/mol. The first-order chi connectivity index (χ1) is 5.64. The van der Waals surface area contributed by atoms with E-state index in [9.17, 15) is 0 Å². The first kappa shape index (κ1) is 9.92. The van der Waals surface area contributed by atoms with Crippen LogP contribution in [0.15, 0.2) is 0 Å². The lowest BCUT2D eigenvalue weighted by Gasteiger charge is -2.33. The van der Waals surface area contributed by atoms with E-state index in [1.165, 1.54) is 0 Å². The van der Waals surface area contributed by atoms with Crippen molar-refractivity contribution in [3.63, 3.8) is 0 Å². The van der Waals surface area contributed by atoms with E-state index >= 15 is 0 Å². The van der Waals surface area contributed by atoms with Gasteiger partial charge in [-0.15, -0.1) is 0 Å². The largest absolute Gasteiger partial charge is 0.394 e. The number of nitrogens with zero attached hydrogens (tertiary/aromatic N) is 1. The predicted octanol–water partition coefficient (Wildman–Crippen LogP) is -0.972. The third-order valence-electron chi connectivity index (χ3n) is 2.05. The van der Waals surface area contributed by atoms with Crippen molar-refractivity contribution in [2.45, 2.75) is 12.5 Å². The van der Waals surface area contributed by atoms with Gasteiger partial charge in [-0.1, -0.05) is 0 Å². The molecule has 0 spiro atoms. The molecule has 1 aliphatic rings. The van der Waals surface area contributed by atoms with Crippen molar-refractivity contribution >= 4 is 0 Å². The van der Waals surface area contributed by atoms with Crippen molar-refractivity contribution in [2.24, 2.45) is 5.73 Å². The summed E-state index contributed by atoms with van der Waals surface area (Å²) < 4.78 is 5.20. The van der Waals surface area contributed by atoms with Crippen molar-refractivity contribution in [3.05, 3.63) is 0 Å². The Morgan fingerprint density at radius 1 is 1.50 bits per heavy atom. The average Bonchev–Trinajstić information content (AvgIpc) is 2.06. The van der Waals surface area contributed by atoms with Crippen LogP contribution in [0.3, 0.4) is 0 Å². The summed E-state index contributed by atoms with van der Waals surface area (Å²) in [7, 11) is 0. The van der Waals surface area contributed by atoms with Crippen LogP contribution in [0.1, 0.15) is 6.92 Å². The summed E-state index contributed by atoms with van der Waals surface area (Å²) in [6, 6.07) is 0. The number of aliphatic hydroxyl groups is 1. The number of hydrogen-bond acceptors (Lipinski definition) is 4. The number of nitrogens with two attached hydrogens (primary N) is 1. The molecule has 0 aromatic carbocycles. The molecule has 1 unspecified atom stereocenters. The minimum Gasteiger partial charge on any atom is -0.394 e. The Labute approximate surface area is 73.3 Å². The Morgan fingerprint density at radius 2 is 2.08 bits per heavy atom. The molecule has 0 aromatic rings. The van der Waals surface area contributed by atoms with Gasteiger partial charge >= 0.3 is 0 Å². The minimum atomic E-state index is -0.475. The maximum Gasteiger partial charge on any atom is 0.0621 e. The van der Waals surface area contributed by atoms with Crippen molar-refractivity contribution in [1.82, 2.24) is 4.90 Å². The molecule has 1 rings (SSSR count). The Morgan fingerprint density at radius 3 is 2.58 bits per heavy atom. The van der Waals surface area contributed by atoms with E-state index in [1.807, 2.05) is 6.92 Å². The SMILES string of the molecule is CC(N)(CO)CN1CCOCC1. The van der Waals surface area contributed by atoms with E-state index in [-0.39, 0.29) is 6.61 Å². The number of ether oxygens (including phenoxy) is 1. The molecule has 1 heterocycles. The van der Waals surface area contributed by atoms with E-state index in [1.54, 1.807) is 0 Å². The summed E-state index contributed by atoms with van der Waals surface area (Å²) >= 11 is 0. The summed E-state index contributed by atoms with van der Waals surface area (Å²) in [6.07, 6.45) is 0. The monoisotopic (exact) mass is 174 g/mol. The van der Waals surface area contributed by atoms with Crippen molar-refractivity contribution in [2.75, 3.05) is 39.5 Å². The number of morpholine rings is 1. The van der Waals surface area contributed by atoms with Crippen molar-refractivity contribution in [1.29, 1.82) is 0 Å². The van der Waals surface area contributed by atoms with Gasteiger partial charge in [-0.2, -0.15) is 0 Å². The summed E-state index contributed by atoms with van der Waals surface area (Å²) in [5.41, 5.74) is 5.34. The molecule has 3 N–H and O–H groups in total. The Bertz CT molecular complexity index is 133. The molecule has 1 fully saturated rings. The topological polar surface area (TPSA) is 58.7 Å². The molecule has 12 heavy (non-hydrogen) atoms. The van der Waals surface area contributed by atoms with Crippen LogP contribution in [-0.4, -0.2) is 55.0 Å². The van der Waals surface area contributed by atoms with Gasteiger partial charge in [0.1, 0.15) is 0 Å². The molecular formula is C8H18N2O2. The zero-order valence-electron chi connectivity index (χ0n) is 7.62. The lowest BCUT2D eigenvalue weighted by molar-refractivity contribution is 0.0230. The first-order valence-electron chi connectivity index (χ1n) is 4.34. The van der Waals surface area contributed by atoms with Crippen molar-refractivity contribution < 1.29 is 9.84 Å². The van der Waals surface area contributed by atoms with Gasteiger partial charge in [0.15, 0.2) is 0 Å². The third kappa shape index (κ3) is 3.06. The summed E-state index contributed by atoms with van der Waals surface area (Å²) in [6.45, 7) is 6.04. The highest BCUT2D eigenvalue weighted by atomic mass is 16.5. The van der Waals surface area contributed by atoms with Gasteiger partial charge in [-0.25, -0.2) is 0 Å². The lowest BCUT2D eigenvalue weighted by Crippen LogP contribution is -2.53. The highest BCUT2D eigenvalue weighted by Crippen LogP contribution is 2.04. The highest BCUT2D eigenvalue weighted by molar-refractivity contribution is 4.82. The van der Waals surface area contributed by atoms with E-state index in [2.05, 4.69) is 4.90 Å². The van der Waals surface area contributed by atoms with Gasteiger partial charge < -0.3 is 15.6 Å². The van der Waals surface area contributed by atoms with Crippen LogP contribution in [-0.2, 0) is 4.74 Å². The van der Waals surface area contributed by atoms with Gasteiger partial charge in [0.05, 0.1) is 19.8 Å². The second kappa shape index (κ2) is 4.18. The first-order valence-corrected chi connectivity index (χ1v) is 4.34. The molecule has 4 heteroatoms. The van der Waals surface area contributed by atoms with E-state index in [4.69, 9.17) is 15.6 Å². The average molecular weight is 174 g/mol. The molecule has 1 saturated heterocycles. The van der Waals surface area contributed by atoms with Crippen LogP contribution in [0.5, 0.6) is 0 Å². The van der Waals surface area contributed by atoms with E-state index in [0.29, 0.717) is 0 Å². The fourth-order valence-corrected chi connectivity index (χ4v) is 1.32. The van der Waals surface area contributed by atoms with Gasteiger partial charge in [0.2, 0.25) is 0 Å². The molecule has 0 radical (unpaired) electrons. The fraction of sp³-hybridized carbons (Fsp3) is 1.00. The minimum absolute atomic E-state index is 0.0321. The van der Waals surface area contributed by atoms with Gasteiger partial charge in [0, 0.05) is 25.2 Å². The van der Waals surface area contributed by atoms with Crippen LogP contribution in [0.4, 0.5) is 0 Å². The maximum absolute atomic E-state index is 8.94. The normalized spacial score (nSPS) is 25.2. The fourth-order valence-electron chi connectivity index (χ4n) is 1.32. The molecule has 1 atom stereocenters.